The summed E-state index contributed by atoms with van der Waals surface area (Å²) < 4.78 is 7.58. The second-order valence-corrected chi connectivity index (χ2v) is 7.55. The van der Waals surface area contributed by atoms with E-state index in [1.165, 1.54) is 12.8 Å². The van der Waals surface area contributed by atoms with Gasteiger partial charge in [-0.15, -0.1) is 0 Å². The zero-order chi connectivity index (χ0) is 18.4. The standard InChI is InChI=1S/C19H29N3O3/c1-6-25-15-11-14(19(15)9-7-8-10-19)21(4)18(24)17(23)16-12(2)20-22(5)13(16)3/h14-15H,6-11H2,1-5H3/t14-,15-/m0/s1. The van der Waals surface area contributed by atoms with Crippen molar-refractivity contribution in [3.63, 3.8) is 0 Å². The molecule has 2 fully saturated rings. The van der Waals surface area contributed by atoms with Gasteiger partial charge in [0, 0.05) is 37.9 Å². The van der Waals surface area contributed by atoms with Crippen molar-refractivity contribution in [1.82, 2.24) is 14.7 Å². The van der Waals surface area contributed by atoms with E-state index >= 15 is 0 Å². The number of amides is 1. The molecule has 2 aliphatic carbocycles. The molecular weight excluding hydrogens is 318 g/mol. The first-order chi connectivity index (χ1) is 11.8. The van der Waals surface area contributed by atoms with Crippen LogP contribution in [0.4, 0.5) is 0 Å². The lowest BCUT2D eigenvalue weighted by molar-refractivity contribution is -0.169. The zero-order valence-corrected chi connectivity index (χ0v) is 16.0. The highest BCUT2D eigenvalue weighted by atomic mass is 16.5. The number of hydrogen-bond acceptors (Lipinski definition) is 4. The zero-order valence-electron chi connectivity index (χ0n) is 16.0. The highest BCUT2D eigenvalue weighted by molar-refractivity contribution is 6.43. The van der Waals surface area contributed by atoms with E-state index in [9.17, 15) is 9.59 Å². The molecule has 3 rings (SSSR count). The Morgan fingerprint density at radius 1 is 1.32 bits per heavy atom. The Labute approximate surface area is 149 Å². The van der Waals surface area contributed by atoms with Crippen LogP contribution in [0, 0.1) is 19.3 Å². The Hall–Kier alpha value is -1.69. The molecule has 1 heterocycles. The highest BCUT2D eigenvalue weighted by Gasteiger charge is 2.59. The predicted molar refractivity (Wildman–Crippen MR) is 94.5 cm³/mol. The number of hydrogen-bond donors (Lipinski definition) is 0. The summed E-state index contributed by atoms with van der Waals surface area (Å²) in [7, 11) is 3.56. The summed E-state index contributed by atoms with van der Waals surface area (Å²) in [4.78, 5) is 27.4. The van der Waals surface area contributed by atoms with Gasteiger partial charge in [-0.05, 0) is 40.0 Å². The van der Waals surface area contributed by atoms with Gasteiger partial charge in [-0.25, -0.2) is 0 Å². The topological polar surface area (TPSA) is 64.4 Å². The molecule has 0 aromatic carbocycles. The Morgan fingerprint density at radius 3 is 2.48 bits per heavy atom. The molecule has 25 heavy (non-hydrogen) atoms. The van der Waals surface area contributed by atoms with Crippen LogP contribution >= 0.6 is 0 Å². The summed E-state index contributed by atoms with van der Waals surface area (Å²) in [6.07, 6.45) is 5.57. The molecule has 0 N–H and O–H groups in total. The van der Waals surface area contributed by atoms with E-state index in [1.54, 1.807) is 30.6 Å². The molecule has 0 radical (unpaired) electrons. The molecule has 1 aromatic rings. The van der Waals surface area contributed by atoms with Gasteiger partial charge in [0.2, 0.25) is 0 Å². The summed E-state index contributed by atoms with van der Waals surface area (Å²) in [6, 6.07) is 0.0975. The molecule has 1 aromatic heterocycles. The third kappa shape index (κ3) is 2.71. The quantitative estimate of drug-likeness (QED) is 0.606. The van der Waals surface area contributed by atoms with Crippen LogP contribution in [0.15, 0.2) is 0 Å². The molecule has 0 bridgehead atoms. The van der Waals surface area contributed by atoms with E-state index in [2.05, 4.69) is 5.10 Å². The van der Waals surface area contributed by atoms with Gasteiger partial charge in [-0.3, -0.25) is 14.3 Å². The summed E-state index contributed by atoms with van der Waals surface area (Å²) >= 11 is 0. The van der Waals surface area contributed by atoms with Crippen LogP contribution in [-0.2, 0) is 16.6 Å². The lowest BCUT2D eigenvalue weighted by Gasteiger charge is -2.56. The lowest BCUT2D eigenvalue weighted by Crippen LogP contribution is -2.64. The number of Topliss-reactive ketones (excluding diaryl/α,β-unsaturated/α-hetero) is 1. The number of likely N-dealkylation sites (N-methyl/N-ethyl adjacent to an activating group) is 1. The van der Waals surface area contributed by atoms with Gasteiger partial charge in [0.1, 0.15) is 0 Å². The third-order valence-electron chi connectivity index (χ3n) is 6.36. The number of ether oxygens (including phenoxy) is 1. The van der Waals surface area contributed by atoms with Crippen LogP contribution in [0.1, 0.15) is 60.8 Å². The summed E-state index contributed by atoms with van der Waals surface area (Å²) in [5.41, 5.74) is 1.84. The van der Waals surface area contributed by atoms with Crippen molar-refractivity contribution >= 4 is 11.7 Å². The fourth-order valence-electron chi connectivity index (χ4n) is 4.90. The Balaban J connectivity index is 1.80. The van der Waals surface area contributed by atoms with Gasteiger partial charge in [0.25, 0.3) is 11.7 Å². The molecule has 2 saturated carbocycles. The van der Waals surface area contributed by atoms with Gasteiger partial charge in [-0.1, -0.05) is 12.8 Å². The van der Waals surface area contributed by atoms with Gasteiger partial charge < -0.3 is 9.64 Å². The Bertz CT molecular complexity index is 688. The van der Waals surface area contributed by atoms with Gasteiger partial charge >= 0.3 is 0 Å². The van der Waals surface area contributed by atoms with E-state index in [0.717, 1.165) is 25.0 Å². The third-order valence-corrected chi connectivity index (χ3v) is 6.36. The molecule has 0 unspecified atom stereocenters. The fourth-order valence-corrected chi connectivity index (χ4v) is 4.90. The average molecular weight is 347 g/mol. The van der Waals surface area contributed by atoms with E-state index in [-0.39, 0.29) is 17.6 Å². The van der Waals surface area contributed by atoms with Gasteiger partial charge in [-0.2, -0.15) is 5.10 Å². The van der Waals surface area contributed by atoms with Crippen LogP contribution in [-0.4, -0.2) is 52.2 Å². The predicted octanol–water partition coefficient (Wildman–Crippen LogP) is 2.42. The molecule has 6 heteroatoms. The number of aryl methyl sites for hydroxylation is 2. The largest absolute Gasteiger partial charge is 0.378 e. The molecule has 1 amide bonds. The maximum absolute atomic E-state index is 12.9. The maximum atomic E-state index is 12.9. The van der Waals surface area contributed by atoms with Crippen molar-refractivity contribution in [2.75, 3.05) is 13.7 Å². The number of carbonyl (C=O) groups excluding carboxylic acids is 2. The van der Waals surface area contributed by atoms with E-state index in [0.29, 0.717) is 17.9 Å². The van der Waals surface area contributed by atoms with Crippen molar-refractivity contribution in [3.8, 4) is 0 Å². The van der Waals surface area contributed by atoms with Crippen molar-refractivity contribution in [2.45, 2.75) is 65.0 Å². The van der Waals surface area contributed by atoms with Crippen molar-refractivity contribution in [1.29, 1.82) is 0 Å². The molecule has 6 nitrogen and oxygen atoms in total. The smallest absolute Gasteiger partial charge is 0.295 e. The summed E-state index contributed by atoms with van der Waals surface area (Å²) in [5.74, 6) is -0.871. The lowest BCUT2D eigenvalue weighted by atomic mass is 9.60. The number of aromatic nitrogens is 2. The normalized spacial score (nSPS) is 24.4. The van der Waals surface area contributed by atoms with Crippen molar-refractivity contribution < 1.29 is 14.3 Å². The van der Waals surface area contributed by atoms with Gasteiger partial charge in [0.05, 0.1) is 17.4 Å². The van der Waals surface area contributed by atoms with E-state index < -0.39 is 11.7 Å². The second-order valence-electron chi connectivity index (χ2n) is 7.55. The van der Waals surface area contributed by atoms with Crippen LogP contribution in [0.25, 0.3) is 0 Å². The van der Waals surface area contributed by atoms with Crippen molar-refractivity contribution in [3.05, 3.63) is 17.0 Å². The first-order valence-corrected chi connectivity index (χ1v) is 9.26. The molecule has 2 aliphatic rings. The number of carbonyl (C=O) groups is 2. The second kappa shape index (κ2) is 6.56. The SMILES string of the molecule is CCO[C@H]1C[C@H](N(C)C(=O)C(=O)c2c(C)nn(C)c2C)C12CCCC2. The molecular formula is C19H29N3O3. The first kappa shape index (κ1) is 18.1. The van der Waals surface area contributed by atoms with E-state index in [4.69, 9.17) is 4.74 Å². The van der Waals surface area contributed by atoms with Crippen LogP contribution in [0.3, 0.4) is 0 Å². The molecule has 0 aliphatic heterocycles. The maximum Gasteiger partial charge on any atom is 0.295 e. The minimum atomic E-state index is -0.446. The number of ketones is 1. The first-order valence-electron chi connectivity index (χ1n) is 9.26. The minimum Gasteiger partial charge on any atom is -0.378 e. The van der Waals surface area contributed by atoms with Crippen molar-refractivity contribution in [2.24, 2.45) is 12.5 Å². The molecule has 2 atom stereocenters. The molecule has 0 saturated heterocycles. The van der Waals surface area contributed by atoms with E-state index in [1.807, 2.05) is 13.8 Å². The van der Waals surface area contributed by atoms with Crippen LogP contribution < -0.4 is 0 Å². The minimum absolute atomic E-state index is 0.0414. The number of nitrogens with zero attached hydrogens (tertiary/aromatic N) is 3. The van der Waals surface area contributed by atoms with Crippen LogP contribution in [0.5, 0.6) is 0 Å². The molecule has 1 spiro atoms. The van der Waals surface area contributed by atoms with Gasteiger partial charge in [0.15, 0.2) is 0 Å². The molecule has 138 valence electrons. The summed E-state index contributed by atoms with van der Waals surface area (Å²) in [6.45, 7) is 6.32. The fraction of sp³-hybridized carbons (Fsp3) is 0.737. The Kier molecular flexibility index (Phi) is 4.75. The Morgan fingerprint density at radius 2 is 1.96 bits per heavy atom. The van der Waals surface area contributed by atoms with Crippen LogP contribution in [0.2, 0.25) is 0 Å². The summed E-state index contributed by atoms with van der Waals surface area (Å²) in [5, 5.41) is 4.26. The highest BCUT2D eigenvalue weighted by Crippen LogP contribution is 2.56. The monoisotopic (exact) mass is 347 g/mol. The number of rotatable bonds is 5. The average Bonchev–Trinajstić information content (AvgIpc) is 3.17.